The Morgan fingerprint density at radius 1 is 1.00 bits per heavy atom. The second kappa shape index (κ2) is 5.13. The number of benzene rings is 2. The first-order valence-electron chi connectivity index (χ1n) is 7.66. The van der Waals surface area contributed by atoms with E-state index in [1.54, 1.807) is 0 Å². The standard InChI is InChI=1S/C20H17NO2/c1-21(2)14-9-7-13(8-10-14)15-11-12-18-19(20(15)22)16-5-3-4-6-17(16)23-18/h3-12,15H,1-2H3. The van der Waals surface area contributed by atoms with Gasteiger partial charge in [0.1, 0.15) is 11.3 Å². The molecule has 1 aliphatic rings. The lowest BCUT2D eigenvalue weighted by Gasteiger charge is -2.18. The van der Waals surface area contributed by atoms with Gasteiger partial charge < -0.3 is 9.32 Å². The second-order valence-corrected chi connectivity index (χ2v) is 6.02. The van der Waals surface area contributed by atoms with E-state index in [1.165, 1.54) is 0 Å². The van der Waals surface area contributed by atoms with Gasteiger partial charge in [0.05, 0.1) is 11.5 Å². The van der Waals surface area contributed by atoms with Crippen LogP contribution in [0.3, 0.4) is 0 Å². The number of carbonyl (C=O) groups is 1. The molecule has 1 aliphatic carbocycles. The van der Waals surface area contributed by atoms with Crippen LogP contribution in [0.25, 0.3) is 17.0 Å². The van der Waals surface area contributed by atoms with Crippen molar-refractivity contribution < 1.29 is 9.21 Å². The van der Waals surface area contributed by atoms with Crippen molar-refractivity contribution in [2.45, 2.75) is 5.92 Å². The van der Waals surface area contributed by atoms with E-state index in [4.69, 9.17) is 4.42 Å². The number of carbonyl (C=O) groups excluding carboxylic acids is 1. The number of ketones is 1. The van der Waals surface area contributed by atoms with Crippen molar-refractivity contribution in [1.29, 1.82) is 0 Å². The minimum absolute atomic E-state index is 0.102. The lowest BCUT2D eigenvalue weighted by molar-refractivity contribution is 0.0975. The molecule has 4 rings (SSSR count). The number of hydrogen-bond donors (Lipinski definition) is 0. The maximum atomic E-state index is 13.0. The molecule has 0 amide bonds. The molecule has 1 heterocycles. The van der Waals surface area contributed by atoms with Crippen LogP contribution in [0, 0.1) is 0 Å². The van der Waals surface area contributed by atoms with E-state index < -0.39 is 0 Å². The molecule has 1 unspecified atom stereocenters. The quantitative estimate of drug-likeness (QED) is 0.699. The third-order valence-corrected chi connectivity index (χ3v) is 4.36. The zero-order valence-electron chi connectivity index (χ0n) is 13.1. The summed E-state index contributed by atoms with van der Waals surface area (Å²) in [6.07, 6.45) is 3.85. The van der Waals surface area contributed by atoms with Crippen LogP contribution in [0.2, 0.25) is 0 Å². The summed E-state index contributed by atoms with van der Waals surface area (Å²) in [5.74, 6) is 0.516. The van der Waals surface area contributed by atoms with Crippen LogP contribution in [0.1, 0.15) is 27.6 Å². The van der Waals surface area contributed by atoms with E-state index in [0.29, 0.717) is 11.3 Å². The monoisotopic (exact) mass is 303 g/mol. The minimum Gasteiger partial charge on any atom is -0.456 e. The number of nitrogens with zero attached hydrogens (tertiary/aromatic N) is 1. The normalized spacial score (nSPS) is 16.6. The Morgan fingerprint density at radius 3 is 2.48 bits per heavy atom. The Morgan fingerprint density at radius 2 is 1.74 bits per heavy atom. The number of anilines is 1. The zero-order valence-corrected chi connectivity index (χ0v) is 13.1. The first-order chi connectivity index (χ1) is 11.1. The number of fused-ring (bicyclic) bond motifs is 3. The van der Waals surface area contributed by atoms with Crippen LogP contribution in [0.4, 0.5) is 5.69 Å². The van der Waals surface area contributed by atoms with E-state index in [-0.39, 0.29) is 11.7 Å². The van der Waals surface area contributed by atoms with E-state index in [9.17, 15) is 4.79 Å². The molecular weight excluding hydrogens is 286 g/mol. The van der Waals surface area contributed by atoms with Gasteiger partial charge in [-0.3, -0.25) is 4.79 Å². The lowest BCUT2D eigenvalue weighted by Crippen LogP contribution is -2.15. The van der Waals surface area contributed by atoms with Gasteiger partial charge in [0, 0.05) is 25.2 Å². The molecule has 3 aromatic rings. The predicted molar refractivity (Wildman–Crippen MR) is 93.1 cm³/mol. The Labute approximate surface area is 134 Å². The summed E-state index contributed by atoms with van der Waals surface area (Å²) in [5, 5.41) is 0.895. The van der Waals surface area contributed by atoms with E-state index >= 15 is 0 Å². The first kappa shape index (κ1) is 13.8. The Hall–Kier alpha value is -2.81. The maximum Gasteiger partial charge on any atom is 0.178 e. The Kier molecular flexibility index (Phi) is 3.08. The van der Waals surface area contributed by atoms with Gasteiger partial charge in [-0.15, -0.1) is 0 Å². The molecule has 0 radical (unpaired) electrons. The van der Waals surface area contributed by atoms with Crippen LogP contribution in [-0.4, -0.2) is 19.9 Å². The Balaban J connectivity index is 1.77. The molecule has 0 saturated heterocycles. The van der Waals surface area contributed by atoms with Gasteiger partial charge in [0.15, 0.2) is 5.78 Å². The van der Waals surface area contributed by atoms with Crippen molar-refractivity contribution in [3.05, 3.63) is 71.5 Å². The van der Waals surface area contributed by atoms with Gasteiger partial charge in [0.25, 0.3) is 0 Å². The fourth-order valence-electron chi connectivity index (χ4n) is 3.10. The van der Waals surface area contributed by atoms with Crippen molar-refractivity contribution in [2.75, 3.05) is 19.0 Å². The second-order valence-electron chi connectivity index (χ2n) is 6.02. The molecule has 0 bridgehead atoms. The summed E-state index contributed by atoms with van der Waals surface area (Å²) < 4.78 is 5.78. The molecule has 0 spiro atoms. The largest absolute Gasteiger partial charge is 0.456 e. The highest BCUT2D eigenvalue weighted by molar-refractivity contribution is 6.15. The van der Waals surface area contributed by atoms with E-state index in [2.05, 4.69) is 0 Å². The average molecular weight is 303 g/mol. The summed E-state index contributed by atoms with van der Waals surface area (Å²) in [4.78, 5) is 15.0. The van der Waals surface area contributed by atoms with Crippen molar-refractivity contribution in [3.8, 4) is 0 Å². The lowest BCUT2D eigenvalue weighted by atomic mass is 9.85. The number of allylic oxidation sites excluding steroid dienone is 1. The van der Waals surface area contributed by atoms with Crippen LogP contribution >= 0.6 is 0 Å². The summed E-state index contributed by atoms with van der Waals surface area (Å²) >= 11 is 0. The molecule has 0 saturated carbocycles. The minimum atomic E-state index is -0.250. The SMILES string of the molecule is CN(C)c1ccc(C2C=Cc3oc4ccccc4c3C2=O)cc1. The van der Waals surface area contributed by atoms with Crippen LogP contribution < -0.4 is 4.90 Å². The molecule has 0 aliphatic heterocycles. The molecule has 1 aromatic heterocycles. The summed E-state index contributed by atoms with van der Waals surface area (Å²) in [5.41, 5.74) is 3.59. The number of furan rings is 1. The molecular formula is C20H17NO2. The summed E-state index contributed by atoms with van der Waals surface area (Å²) in [7, 11) is 4.01. The van der Waals surface area contributed by atoms with Crippen molar-refractivity contribution in [2.24, 2.45) is 0 Å². The van der Waals surface area contributed by atoms with Gasteiger partial charge in [-0.25, -0.2) is 0 Å². The van der Waals surface area contributed by atoms with Crippen molar-refractivity contribution in [1.82, 2.24) is 0 Å². The topological polar surface area (TPSA) is 33.5 Å². The summed E-state index contributed by atoms with van der Waals surface area (Å²) in [6, 6.07) is 15.8. The van der Waals surface area contributed by atoms with Gasteiger partial charge in [-0.2, -0.15) is 0 Å². The fourth-order valence-corrected chi connectivity index (χ4v) is 3.10. The predicted octanol–water partition coefficient (Wildman–Crippen LogP) is 4.49. The van der Waals surface area contributed by atoms with Crippen molar-refractivity contribution in [3.63, 3.8) is 0 Å². The van der Waals surface area contributed by atoms with Crippen molar-refractivity contribution >= 4 is 28.5 Å². The molecule has 114 valence electrons. The van der Waals surface area contributed by atoms with E-state index in [1.807, 2.05) is 79.7 Å². The van der Waals surface area contributed by atoms with Crippen LogP contribution in [-0.2, 0) is 0 Å². The third-order valence-electron chi connectivity index (χ3n) is 4.36. The summed E-state index contributed by atoms with van der Waals surface area (Å²) in [6.45, 7) is 0. The molecule has 3 heteroatoms. The third kappa shape index (κ3) is 2.16. The molecule has 0 fully saturated rings. The maximum absolute atomic E-state index is 13.0. The average Bonchev–Trinajstić information content (AvgIpc) is 2.94. The number of rotatable bonds is 2. The van der Waals surface area contributed by atoms with Gasteiger partial charge >= 0.3 is 0 Å². The zero-order chi connectivity index (χ0) is 16.0. The highest BCUT2D eigenvalue weighted by atomic mass is 16.3. The Bertz CT molecular complexity index is 916. The molecule has 2 aromatic carbocycles. The highest BCUT2D eigenvalue weighted by Crippen LogP contribution is 2.36. The number of Topliss-reactive ketones (excluding diaryl/α,β-unsaturated/α-hetero) is 1. The number of para-hydroxylation sites is 1. The highest BCUT2D eigenvalue weighted by Gasteiger charge is 2.29. The van der Waals surface area contributed by atoms with E-state index in [0.717, 1.165) is 22.2 Å². The fraction of sp³-hybridized carbons (Fsp3) is 0.150. The smallest absolute Gasteiger partial charge is 0.178 e. The van der Waals surface area contributed by atoms with Crippen LogP contribution in [0.5, 0.6) is 0 Å². The van der Waals surface area contributed by atoms with Gasteiger partial charge in [-0.05, 0) is 29.8 Å². The first-order valence-corrected chi connectivity index (χ1v) is 7.66. The van der Waals surface area contributed by atoms with Gasteiger partial charge in [-0.1, -0.05) is 36.4 Å². The molecule has 0 N–H and O–H groups in total. The molecule has 23 heavy (non-hydrogen) atoms. The van der Waals surface area contributed by atoms with Crippen LogP contribution in [0.15, 0.2) is 59.0 Å². The number of hydrogen-bond acceptors (Lipinski definition) is 3. The molecule has 3 nitrogen and oxygen atoms in total. The molecule has 1 atom stereocenters. The van der Waals surface area contributed by atoms with Gasteiger partial charge in [0.2, 0.25) is 0 Å².